The molecule has 0 heterocycles. The van der Waals surface area contributed by atoms with E-state index >= 15 is 0 Å². The zero-order valence-electron chi connectivity index (χ0n) is 10.6. The van der Waals surface area contributed by atoms with Crippen molar-refractivity contribution in [3.63, 3.8) is 0 Å². The maximum absolute atomic E-state index is 11.9. The SMILES string of the molecule is CC1(C(=O)NCCCCCC(=O)O)CCCC1. The van der Waals surface area contributed by atoms with Gasteiger partial charge in [0.2, 0.25) is 5.91 Å². The molecule has 0 atom stereocenters. The van der Waals surface area contributed by atoms with Gasteiger partial charge in [0.05, 0.1) is 0 Å². The van der Waals surface area contributed by atoms with Crippen LogP contribution in [0.4, 0.5) is 0 Å². The van der Waals surface area contributed by atoms with Gasteiger partial charge in [-0.25, -0.2) is 0 Å². The van der Waals surface area contributed by atoms with E-state index in [1.54, 1.807) is 0 Å². The van der Waals surface area contributed by atoms with Crippen LogP contribution in [0.2, 0.25) is 0 Å². The summed E-state index contributed by atoms with van der Waals surface area (Å²) in [5, 5.41) is 11.4. The highest BCUT2D eigenvalue weighted by molar-refractivity contribution is 5.82. The second-order valence-electron chi connectivity index (χ2n) is 5.23. The molecule has 1 aliphatic carbocycles. The Morgan fingerprint density at radius 3 is 2.41 bits per heavy atom. The minimum atomic E-state index is -0.743. The first-order valence-corrected chi connectivity index (χ1v) is 6.55. The summed E-state index contributed by atoms with van der Waals surface area (Å²) in [7, 11) is 0. The Bertz CT molecular complexity index is 270. The summed E-state index contributed by atoms with van der Waals surface area (Å²) in [6.07, 6.45) is 6.97. The van der Waals surface area contributed by atoms with Crippen LogP contribution in [0.5, 0.6) is 0 Å². The van der Waals surface area contributed by atoms with Crippen LogP contribution in [0.3, 0.4) is 0 Å². The van der Waals surface area contributed by atoms with Gasteiger partial charge in [-0.15, -0.1) is 0 Å². The highest BCUT2D eigenvalue weighted by Crippen LogP contribution is 2.37. The van der Waals surface area contributed by atoms with E-state index in [1.165, 1.54) is 0 Å². The van der Waals surface area contributed by atoms with E-state index < -0.39 is 5.97 Å². The van der Waals surface area contributed by atoms with Gasteiger partial charge in [-0.2, -0.15) is 0 Å². The third kappa shape index (κ3) is 4.75. The van der Waals surface area contributed by atoms with Crippen molar-refractivity contribution >= 4 is 11.9 Å². The molecule has 4 nitrogen and oxygen atoms in total. The number of carbonyl (C=O) groups is 2. The highest BCUT2D eigenvalue weighted by Gasteiger charge is 2.35. The minimum Gasteiger partial charge on any atom is -0.481 e. The van der Waals surface area contributed by atoms with Crippen molar-refractivity contribution in [3.05, 3.63) is 0 Å². The zero-order chi connectivity index (χ0) is 12.7. The Morgan fingerprint density at radius 2 is 1.82 bits per heavy atom. The van der Waals surface area contributed by atoms with Gasteiger partial charge in [0, 0.05) is 18.4 Å². The van der Waals surface area contributed by atoms with E-state index in [4.69, 9.17) is 5.11 Å². The lowest BCUT2D eigenvalue weighted by molar-refractivity contribution is -0.137. The van der Waals surface area contributed by atoms with Gasteiger partial charge in [-0.3, -0.25) is 9.59 Å². The van der Waals surface area contributed by atoms with Crippen molar-refractivity contribution in [2.24, 2.45) is 5.41 Å². The van der Waals surface area contributed by atoms with E-state index in [-0.39, 0.29) is 17.7 Å². The van der Waals surface area contributed by atoms with Gasteiger partial charge < -0.3 is 10.4 Å². The first-order chi connectivity index (χ1) is 8.04. The molecule has 0 aromatic rings. The Labute approximate surface area is 103 Å². The second-order valence-corrected chi connectivity index (χ2v) is 5.23. The molecule has 4 heteroatoms. The normalized spacial score (nSPS) is 17.9. The average molecular weight is 241 g/mol. The Morgan fingerprint density at radius 1 is 1.18 bits per heavy atom. The number of nitrogens with one attached hydrogen (secondary N) is 1. The number of aliphatic carboxylic acids is 1. The Hall–Kier alpha value is -1.06. The molecule has 0 aromatic carbocycles. The third-order valence-corrected chi connectivity index (χ3v) is 3.61. The van der Waals surface area contributed by atoms with Crippen LogP contribution in [0, 0.1) is 5.41 Å². The Balaban J connectivity index is 2.06. The molecule has 0 saturated heterocycles. The first kappa shape index (κ1) is 14.0. The molecule has 98 valence electrons. The molecule has 0 bridgehead atoms. The fourth-order valence-electron chi connectivity index (χ4n) is 2.38. The number of hydrogen-bond donors (Lipinski definition) is 2. The molecular formula is C13H23NO3. The number of hydrogen-bond acceptors (Lipinski definition) is 2. The summed E-state index contributed by atoms with van der Waals surface area (Å²) >= 11 is 0. The van der Waals surface area contributed by atoms with Gasteiger partial charge >= 0.3 is 5.97 Å². The van der Waals surface area contributed by atoms with E-state index in [9.17, 15) is 9.59 Å². The third-order valence-electron chi connectivity index (χ3n) is 3.61. The van der Waals surface area contributed by atoms with Crippen LogP contribution in [0.15, 0.2) is 0 Å². The molecule has 1 saturated carbocycles. The fraction of sp³-hybridized carbons (Fsp3) is 0.846. The van der Waals surface area contributed by atoms with Crippen molar-refractivity contribution in [2.75, 3.05) is 6.54 Å². The second kappa shape index (κ2) is 6.62. The number of carbonyl (C=O) groups excluding carboxylic acids is 1. The van der Waals surface area contributed by atoms with Gasteiger partial charge in [-0.05, 0) is 25.7 Å². The zero-order valence-corrected chi connectivity index (χ0v) is 10.6. The van der Waals surface area contributed by atoms with E-state index in [1.807, 2.05) is 6.92 Å². The number of carboxylic acid groups (broad SMARTS) is 1. The predicted molar refractivity (Wildman–Crippen MR) is 65.7 cm³/mol. The molecular weight excluding hydrogens is 218 g/mol. The van der Waals surface area contributed by atoms with Crippen LogP contribution < -0.4 is 5.32 Å². The molecule has 0 aliphatic heterocycles. The molecule has 1 amide bonds. The molecule has 1 aliphatic rings. The smallest absolute Gasteiger partial charge is 0.303 e. The minimum absolute atomic E-state index is 0.152. The van der Waals surface area contributed by atoms with Crippen molar-refractivity contribution in [1.29, 1.82) is 0 Å². The number of carboxylic acids is 1. The number of amides is 1. The summed E-state index contributed by atoms with van der Waals surface area (Å²) in [5.41, 5.74) is -0.152. The first-order valence-electron chi connectivity index (χ1n) is 6.55. The van der Waals surface area contributed by atoms with Crippen LogP contribution in [0.25, 0.3) is 0 Å². The summed E-state index contributed by atoms with van der Waals surface area (Å²) in [5.74, 6) is -0.569. The van der Waals surface area contributed by atoms with Crippen LogP contribution in [0.1, 0.15) is 58.3 Å². The number of rotatable bonds is 7. The summed E-state index contributed by atoms with van der Waals surface area (Å²) < 4.78 is 0. The van der Waals surface area contributed by atoms with Crippen molar-refractivity contribution in [1.82, 2.24) is 5.32 Å². The molecule has 0 radical (unpaired) electrons. The van der Waals surface area contributed by atoms with E-state index in [0.717, 1.165) is 38.5 Å². The van der Waals surface area contributed by atoms with Gasteiger partial charge in [0.25, 0.3) is 0 Å². The largest absolute Gasteiger partial charge is 0.481 e. The molecule has 0 unspecified atom stereocenters. The summed E-state index contributed by atoms with van der Waals surface area (Å²) in [4.78, 5) is 22.2. The van der Waals surface area contributed by atoms with Crippen LogP contribution in [-0.2, 0) is 9.59 Å². The monoisotopic (exact) mass is 241 g/mol. The molecule has 0 aromatic heterocycles. The Kier molecular flexibility index (Phi) is 5.45. The van der Waals surface area contributed by atoms with Gasteiger partial charge in [0.15, 0.2) is 0 Å². The molecule has 0 spiro atoms. The molecule has 1 rings (SSSR count). The quantitative estimate of drug-likeness (QED) is 0.672. The van der Waals surface area contributed by atoms with Crippen molar-refractivity contribution in [3.8, 4) is 0 Å². The summed E-state index contributed by atoms with van der Waals surface area (Å²) in [6, 6.07) is 0. The fourth-order valence-corrected chi connectivity index (χ4v) is 2.38. The van der Waals surface area contributed by atoms with Gasteiger partial charge in [-0.1, -0.05) is 26.2 Å². The van der Waals surface area contributed by atoms with Crippen LogP contribution in [-0.4, -0.2) is 23.5 Å². The topological polar surface area (TPSA) is 66.4 Å². The van der Waals surface area contributed by atoms with E-state index in [0.29, 0.717) is 13.0 Å². The van der Waals surface area contributed by atoms with Gasteiger partial charge in [0.1, 0.15) is 0 Å². The van der Waals surface area contributed by atoms with Crippen LogP contribution >= 0.6 is 0 Å². The predicted octanol–water partition coefficient (Wildman–Crippen LogP) is 2.33. The number of unbranched alkanes of at least 4 members (excludes halogenated alkanes) is 2. The molecule has 2 N–H and O–H groups in total. The standard InChI is InChI=1S/C13H23NO3/c1-13(8-4-5-9-13)12(17)14-10-6-2-3-7-11(15)16/h2-10H2,1H3,(H,14,17)(H,15,16). The summed E-state index contributed by atoms with van der Waals surface area (Å²) in [6.45, 7) is 2.72. The molecule has 1 fully saturated rings. The lowest BCUT2D eigenvalue weighted by Crippen LogP contribution is -2.37. The van der Waals surface area contributed by atoms with E-state index in [2.05, 4.69) is 5.32 Å². The highest BCUT2D eigenvalue weighted by atomic mass is 16.4. The maximum atomic E-state index is 11.9. The molecule has 17 heavy (non-hydrogen) atoms. The van der Waals surface area contributed by atoms with Crippen molar-refractivity contribution < 1.29 is 14.7 Å². The maximum Gasteiger partial charge on any atom is 0.303 e. The lowest BCUT2D eigenvalue weighted by Gasteiger charge is -2.22. The lowest BCUT2D eigenvalue weighted by atomic mass is 9.88. The van der Waals surface area contributed by atoms with Crippen molar-refractivity contribution in [2.45, 2.75) is 58.3 Å². The average Bonchev–Trinajstić information content (AvgIpc) is 2.71.